The second-order valence-electron chi connectivity index (χ2n) is 28.8. The summed E-state index contributed by atoms with van der Waals surface area (Å²) < 4.78 is 5.51. The summed E-state index contributed by atoms with van der Waals surface area (Å²) in [4.78, 5) is 24.7. The summed E-state index contributed by atoms with van der Waals surface area (Å²) in [6.45, 7) is 4.99. The van der Waals surface area contributed by atoms with Gasteiger partial charge < -0.3 is 20.3 Å². The number of carbonyl (C=O) groups excluding carboxylic acids is 2. The highest BCUT2D eigenvalue weighted by Crippen LogP contribution is 2.20. The van der Waals surface area contributed by atoms with E-state index in [1.807, 2.05) is 0 Å². The molecular weight excluding hydrogens is 1110 g/mol. The molecule has 91 heavy (non-hydrogen) atoms. The van der Waals surface area contributed by atoms with Crippen molar-refractivity contribution in [1.29, 1.82) is 0 Å². The minimum absolute atomic E-state index is 0.0118. The highest BCUT2D eigenvalue weighted by molar-refractivity contribution is 5.76. The molecule has 538 valence electrons. The molecule has 0 aromatic heterocycles. The summed E-state index contributed by atoms with van der Waals surface area (Å²) in [6.07, 6.45) is 105. The van der Waals surface area contributed by atoms with Crippen LogP contribution in [-0.4, -0.2) is 47.4 Å². The minimum atomic E-state index is -0.664. The van der Waals surface area contributed by atoms with Gasteiger partial charge in [0.05, 0.1) is 25.4 Å². The Bertz CT molecular complexity index is 1470. The number of ether oxygens (including phenoxy) is 1. The second-order valence-corrected chi connectivity index (χ2v) is 28.8. The molecule has 6 nitrogen and oxygen atoms in total. The lowest BCUT2D eigenvalue weighted by Crippen LogP contribution is -2.45. The van der Waals surface area contributed by atoms with Crippen LogP contribution in [0.1, 0.15) is 470 Å². The first-order valence-electron chi connectivity index (χ1n) is 41.7. The SMILES string of the molecule is CCCCCC/C=C\C/C=C\CCCCCCCCCC(=O)OCCCCCCCCCCCCCC/C=C\CCCCCCCCCCCCCCCCCCC(=O)NC(CO)C(O)CCCCCCCCCCCCCCCCCCCCCCCCCC. The topological polar surface area (TPSA) is 95.9 Å². The number of carbonyl (C=O) groups is 2. The Morgan fingerprint density at radius 2 is 0.549 bits per heavy atom. The number of rotatable bonds is 79. The monoisotopic (exact) mass is 1280 g/mol. The maximum atomic E-state index is 12.6. The lowest BCUT2D eigenvalue weighted by molar-refractivity contribution is -0.143. The fourth-order valence-corrected chi connectivity index (χ4v) is 13.3. The van der Waals surface area contributed by atoms with Crippen molar-refractivity contribution >= 4 is 11.9 Å². The molecule has 0 aliphatic carbocycles. The van der Waals surface area contributed by atoms with Gasteiger partial charge in [0.2, 0.25) is 5.91 Å². The van der Waals surface area contributed by atoms with Crippen molar-refractivity contribution in [1.82, 2.24) is 5.32 Å². The third-order valence-electron chi connectivity index (χ3n) is 19.7. The average Bonchev–Trinajstić information content (AvgIpc) is 3.66. The molecular formula is C85H163NO5. The van der Waals surface area contributed by atoms with Crippen molar-refractivity contribution in [3.63, 3.8) is 0 Å². The first kappa shape index (κ1) is 89.1. The molecule has 0 saturated heterocycles. The number of hydrogen-bond donors (Lipinski definition) is 3. The predicted octanol–water partition coefficient (Wildman–Crippen LogP) is 27.8. The number of aliphatic hydroxyl groups excluding tert-OH is 2. The molecule has 2 unspecified atom stereocenters. The molecule has 0 aliphatic heterocycles. The first-order valence-corrected chi connectivity index (χ1v) is 41.7. The molecule has 1 amide bonds. The van der Waals surface area contributed by atoms with E-state index in [1.165, 1.54) is 385 Å². The molecule has 0 aromatic rings. The zero-order chi connectivity index (χ0) is 65.6. The van der Waals surface area contributed by atoms with E-state index in [4.69, 9.17) is 4.74 Å². The predicted molar refractivity (Wildman–Crippen MR) is 403 cm³/mol. The van der Waals surface area contributed by atoms with Gasteiger partial charge in [-0.2, -0.15) is 0 Å². The largest absolute Gasteiger partial charge is 0.466 e. The zero-order valence-corrected chi connectivity index (χ0v) is 61.9. The molecule has 3 N–H and O–H groups in total. The molecule has 0 bridgehead atoms. The van der Waals surface area contributed by atoms with E-state index in [0.29, 0.717) is 25.9 Å². The number of amides is 1. The van der Waals surface area contributed by atoms with E-state index in [-0.39, 0.29) is 18.5 Å². The number of aliphatic hydroxyl groups is 2. The third kappa shape index (κ3) is 77.0. The maximum Gasteiger partial charge on any atom is 0.305 e. The van der Waals surface area contributed by atoms with Crippen LogP contribution < -0.4 is 5.32 Å². The van der Waals surface area contributed by atoms with Gasteiger partial charge in [-0.15, -0.1) is 0 Å². The van der Waals surface area contributed by atoms with Crippen molar-refractivity contribution < 1.29 is 24.5 Å². The molecule has 0 heterocycles. The fourth-order valence-electron chi connectivity index (χ4n) is 13.3. The van der Waals surface area contributed by atoms with Gasteiger partial charge in [-0.1, -0.05) is 410 Å². The number of esters is 1. The van der Waals surface area contributed by atoms with Crippen molar-refractivity contribution in [2.24, 2.45) is 0 Å². The Balaban J connectivity index is 3.36. The molecule has 6 heteroatoms. The van der Waals surface area contributed by atoms with E-state index in [0.717, 1.165) is 51.4 Å². The second kappa shape index (κ2) is 80.5. The summed E-state index contributed by atoms with van der Waals surface area (Å²) >= 11 is 0. The van der Waals surface area contributed by atoms with Crippen LogP contribution in [0.3, 0.4) is 0 Å². The Labute approximate surface area is 570 Å². The summed E-state index contributed by atoms with van der Waals surface area (Å²) in [5.41, 5.74) is 0. The number of nitrogens with one attached hydrogen (secondary N) is 1. The van der Waals surface area contributed by atoms with Crippen LogP contribution in [0.15, 0.2) is 36.5 Å². The van der Waals surface area contributed by atoms with Gasteiger partial charge in [-0.3, -0.25) is 9.59 Å². The molecule has 2 atom stereocenters. The molecule has 0 rings (SSSR count). The Morgan fingerprint density at radius 1 is 0.308 bits per heavy atom. The van der Waals surface area contributed by atoms with E-state index in [9.17, 15) is 19.8 Å². The van der Waals surface area contributed by atoms with E-state index < -0.39 is 12.1 Å². The molecule has 0 fully saturated rings. The van der Waals surface area contributed by atoms with Gasteiger partial charge in [0, 0.05) is 12.8 Å². The van der Waals surface area contributed by atoms with E-state index in [2.05, 4.69) is 55.6 Å². The van der Waals surface area contributed by atoms with Crippen molar-refractivity contribution in [3.8, 4) is 0 Å². The maximum absolute atomic E-state index is 12.6. The van der Waals surface area contributed by atoms with Gasteiger partial charge in [-0.25, -0.2) is 0 Å². The minimum Gasteiger partial charge on any atom is -0.466 e. The van der Waals surface area contributed by atoms with Gasteiger partial charge in [0.1, 0.15) is 0 Å². The number of allylic oxidation sites excluding steroid dienone is 6. The van der Waals surface area contributed by atoms with Crippen LogP contribution in [0.5, 0.6) is 0 Å². The molecule has 0 aromatic carbocycles. The van der Waals surface area contributed by atoms with E-state index in [1.54, 1.807) is 0 Å². The summed E-state index contributed by atoms with van der Waals surface area (Å²) in [5, 5.41) is 23.5. The molecule has 0 saturated carbocycles. The van der Waals surface area contributed by atoms with Gasteiger partial charge in [0.15, 0.2) is 0 Å². The summed E-state index contributed by atoms with van der Waals surface area (Å²) in [6, 6.07) is -0.541. The molecule has 0 spiro atoms. The number of unbranched alkanes of at least 4 members (excludes halogenated alkanes) is 62. The van der Waals surface area contributed by atoms with Crippen molar-refractivity contribution in [2.75, 3.05) is 13.2 Å². The Morgan fingerprint density at radius 3 is 0.857 bits per heavy atom. The normalized spacial score (nSPS) is 12.6. The first-order chi connectivity index (χ1) is 45.0. The molecule has 0 radical (unpaired) electrons. The van der Waals surface area contributed by atoms with Crippen LogP contribution in [0.2, 0.25) is 0 Å². The van der Waals surface area contributed by atoms with Crippen molar-refractivity contribution in [2.45, 2.75) is 482 Å². The number of hydrogen-bond acceptors (Lipinski definition) is 5. The quantitative estimate of drug-likeness (QED) is 0.0320. The Kier molecular flexibility index (Phi) is 78.8. The zero-order valence-electron chi connectivity index (χ0n) is 61.9. The standard InChI is InChI=1S/C85H163NO5/c1-3-5-7-9-11-13-15-17-19-21-23-24-25-36-39-42-45-49-53-57-61-65-69-73-77-83(88)82(81-87)86-84(89)78-74-70-66-62-58-54-50-46-43-40-37-34-32-30-28-26-27-29-31-33-35-38-41-44-48-52-56-60-64-68-72-76-80-91-85(90)79-75-71-67-63-59-55-51-47-22-20-18-16-14-12-10-8-6-4-2/h14,16,20,22,29,31,82-83,87-88H,3-13,15,17-19,21,23-28,30,32-81H2,1-2H3,(H,86,89)/b16-14-,22-20-,31-29-. The van der Waals surface area contributed by atoms with Crippen LogP contribution in [0, 0.1) is 0 Å². The highest BCUT2D eigenvalue weighted by Gasteiger charge is 2.20. The summed E-state index contributed by atoms with van der Waals surface area (Å²) in [5.74, 6) is -0.0148. The average molecular weight is 1280 g/mol. The van der Waals surface area contributed by atoms with Crippen molar-refractivity contribution in [3.05, 3.63) is 36.5 Å². The molecule has 0 aliphatic rings. The van der Waals surface area contributed by atoms with Crippen LogP contribution in [0.25, 0.3) is 0 Å². The lowest BCUT2D eigenvalue weighted by Gasteiger charge is -2.22. The lowest BCUT2D eigenvalue weighted by atomic mass is 10.0. The van der Waals surface area contributed by atoms with Crippen LogP contribution in [-0.2, 0) is 14.3 Å². The smallest absolute Gasteiger partial charge is 0.305 e. The Hall–Kier alpha value is -1.92. The van der Waals surface area contributed by atoms with E-state index >= 15 is 0 Å². The fraction of sp³-hybridized carbons (Fsp3) is 0.906. The summed E-state index contributed by atoms with van der Waals surface area (Å²) in [7, 11) is 0. The van der Waals surface area contributed by atoms with Gasteiger partial charge >= 0.3 is 5.97 Å². The van der Waals surface area contributed by atoms with Crippen LogP contribution >= 0.6 is 0 Å². The van der Waals surface area contributed by atoms with Crippen LogP contribution in [0.4, 0.5) is 0 Å². The third-order valence-corrected chi connectivity index (χ3v) is 19.7. The van der Waals surface area contributed by atoms with Gasteiger partial charge in [-0.05, 0) is 83.5 Å². The highest BCUT2D eigenvalue weighted by atomic mass is 16.5. The van der Waals surface area contributed by atoms with Gasteiger partial charge in [0.25, 0.3) is 0 Å².